The van der Waals surface area contributed by atoms with Gasteiger partial charge in [-0.1, -0.05) is 145 Å². The van der Waals surface area contributed by atoms with Crippen LogP contribution in [0.1, 0.15) is 54.4 Å². The predicted molar refractivity (Wildman–Crippen MR) is 218 cm³/mol. The Balaban J connectivity index is 1.12. The zero-order chi connectivity index (χ0) is 34.2. The number of rotatable bonds is 3. The lowest BCUT2D eigenvalue weighted by Crippen LogP contribution is -2.43. The lowest BCUT2D eigenvalue weighted by Gasteiger charge is -2.51. The van der Waals surface area contributed by atoms with E-state index in [0.717, 1.165) is 32.1 Å². The number of nitrogens with zero attached hydrogens (tertiary/aromatic N) is 1. The first-order chi connectivity index (χ1) is 25.8. The highest BCUT2D eigenvalue weighted by molar-refractivity contribution is 8.03. The summed E-state index contributed by atoms with van der Waals surface area (Å²) in [7, 11) is 0. The molecule has 0 amide bonds. The third-order valence-electron chi connectivity index (χ3n) is 12.3. The molecule has 52 heavy (non-hydrogen) atoms. The number of allylic oxidation sites excluding steroid dienone is 11. The molecule has 4 aliphatic carbocycles. The molecule has 1 nitrogen and oxygen atoms in total. The van der Waals surface area contributed by atoms with E-state index in [2.05, 4.69) is 163 Å². The predicted octanol–water partition coefficient (Wildman–Crippen LogP) is 12.8. The number of hydrogen-bond acceptors (Lipinski definition) is 3. The molecule has 3 heteroatoms. The summed E-state index contributed by atoms with van der Waals surface area (Å²) in [5.74, 6) is 0.667. The summed E-state index contributed by atoms with van der Waals surface area (Å²) < 4.78 is 0. The summed E-state index contributed by atoms with van der Waals surface area (Å²) in [6.45, 7) is 0. The van der Waals surface area contributed by atoms with Gasteiger partial charge in [-0.15, -0.1) is 0 Å². The summed E-state index contributed by atoms with van der Waals surface area (Å²) >= 11 is 3.95. The lowest BCUT2D eigenvalue weighted by molar-refractivity contribution is 0.383. The Morgan fingerprint density at radius 1 is 0.635 bits per heavy atom. The Morgan fingerprint density at radius 2 is 1.48 bits per heavy atom. The van der Waals surface area contributed by atoms with Crippen molar-refractivity contribution < 1.29 is 0 Å². The molecule has 0 fully saturated rings. The molecule has 7 aliphatic rings. The average Bonchev–Trinajstić information content (AvgIpc) is 3.56. The van der Waals surface area contributed by atoms with Gasteiger partial charge in [0.1, 0.15) is 0 Å². The van der Waals surface area contributed by atoms with Crippen molar-refractivity contribution in [3.8, 4) is 11.1 Å². The third-order valence-corrected chi connectivity index (χ3v) is 14.6. The molecule has 252 valence electrons. The van der Waals surface area contributed by atoms with Gasteiger partial charge in [0.2, 0.25) is 0 Å². The Bertz CT molecular complexity index is 2420. The first kappa shape index (κ1) is 30.9. The highest BCUT2D eigenvalue weighted by Gasteiger charge is 2.53. The van der Waals surface area contributed by atoms with Crippen molar-refractivity contribution in [2.75, 3.05) is 0 Å². The zero-order valence-corrected chi connectivity index (χ0v) is 30.7. The van der Waals surface area contributed by atoms with Crippen LogP contribution in [0.3, 0.4) is 0 Å². The zero-order valence-electron chi connectivity index (χ0n) is 29.0. The van der Waals surface area contributed by atoms with E-state index in [9.17, 15) is 0 Å². The van der Waals surface area contributed by atoms with Crippen LogP contribution in [0.15, 0.2) is 194 Å². The minimum Gasteiger partial charge on any atom is -0.334 e. The minimum absolute atomic E-state index is 0.295. The summed E-state index contributed by atoms with van der Waals surface area (Å²) in [6.07, 6.45) is 31.8. The number of hydrogen-bond donors (Lipinski definition) is 0. The average molecular weight is 706 g/mol. The molecule has 4 unspecified atom stereocenters. The van der Waals surface area contributed by atoms with Crippen molar-refractivity contribution in [2.45, 2.75) is 58.2 Å². The van der Waals surface area contributed by atoms with Gasteiger partial charge in [-0.3, -0.25) is 0 Å². The van der Waals surface area contributed by atoms with E-state index in [4.69, 9.17) is 0 Å². The highest BCUT2D eigenvalue weighted by Crippen LogP contribution is 2.65. The van der Waals surface area contributed by atoms with E-state index < -0.39 is 0 Å². The summed E-state index contributed by atoms with van der Waals surface area (Å²) in [4.78, 5) is 8.26. The van der Waals surface area contributed by atoms with Crippen LogP contribution >= 0.6 is 23.5 Å². The Labute approximate surface area is 315 Å². The Kier molecular flexibility index (Phi) is 7.24. The molecule has 3 aliphatic heterocycles. The van der Waals surface area contributed by atoms with Gasteiger partial charge in [-0.25, -0.2) is 0 Å². The smallest absolute Gasteiger partial charge is 0.0632 e. The van der Waals surface area contributed by atoms with Crippen molar-refractivity contribution in [1.29, 1.82) is 0 Å². The Hall–Kier alpha value is -4.70. The van der Waals surface area contributed by atoms with Crippen LogP contribution in [0.4, 0.5) is 0 Å². The first-order valence-corrected chi connectivity index (χ1v) is 20.5. The van der Waals surface area contributed by atoms with Crippen molar-refractivity contribution in [3.05, 3.63) is 202 Å². The quantitative estimate of drug-likeness (QED) is 0.209. The van der Waals surface area contributed by atoms with Crippen LogP contribution in [0.25, 0.3) is 16.7 Å². The van der Waals surface area contributed by atoms with E-state index in [-0.39, 0.29) is 5.41 Å². The summed E-state index contributed by atoms with van der Waals surface area (Å²) in [5, 5.41) is 0. The van der Waals surface area contributed by atoms with Crippen LogP contribution in [-0.2, 0) is 5.41 Å². The van der Waals surface area contributed by atoms with Gasteiger partial charge < -0.3 is 4.90 Å². The SMILES string of the molecule is C1=CCC2C(=C1)Sc1ccc(C3=CC=CC4C3C3=C(C=CCC3)N4C3=CCCC=C3)cc1C21c2ccccc2Sc2cc(-c3ccccc3)ccc21. The standard InChI is InChI=1S/C49H39NS2/c1-3-14-32(15-4-1)33-26-28-40-47(31-33)52-45-25-12-9-21-39(45)49(40)38-20-8-11-24-44(38)51-46-29-27-34(30-41(46)49)36-19-13-23-43-48(36)37-18-7-10-22-42(37)50(43)35-16-5-2-6-17-35/h1,3-5,8-17,19,21-31,38,43,48H,2,6-7,18,20H2. The lowest BCUT2D eigenvalue weighted by atomic mass is 9.59. The molecule has 0 aromatic heterocycles. The molecule has 4 aromatic carbocycles. The number of fused-ring (bicyclic) bond motifs is 10. The van der Waals surface area contributed by atoms with Crippen LogP contribution in [-0.4, -0.2) is 10.9 Å². The molecule has 4 aromatic rings. The molecule has 0 bridgehead atoms. The maximum absolute atomic E-state index is 2.64. The van der Waals surface area contributed by atoms with Gasteiger partial charge >= 0.3 is 0 Å². The van der Waals surface area contributed by atoms with Gasteiger partial charge in [-0.2, -0.15) is 0 Å². The van der Waals surface area contributed by atoms with E-state index in [0.29, 0.717) is 17.9 Å². The van der Waals surface area contributed by atoms with Crippen molar-refractivity contribution in [3.63, 3.8) is 0 Å². The molecule has 1 spiro atoms. The van der Waals surface area contributed by atoms with Crippen molar-refractivity contribution in [1.82, 2.24) is 4.90 Å². The van der Waals surface area contributed by atoms with Gasteiger partial charge in [0.15, 0.2) is 0 Å². The molecule has 0 radical (unpaired) electrons. The van der Waals surface area contributed by atoms with Crippen LogP contribution in [0, 0.1) is 11.8 Å². The van der Waals surface area contributed by atoms with Gasteiger partial charge in [0.05, 0.1) is 11.5 Å². The van der Waals surface area contributed by atoms with Crippen LogP contribution < -0.4 is 0 Å². The molecule has 4 atom stereocenters. The third kappa shape index (κ3) is 4.52. The van der Waals surface area contributed by atoms with Gasteiger partial charge in [0.25, 0.3) is 0 Å². The fourth-order valence-electron chi connectivity index (χ4n) is 10.1. The minimum atomic E-state index is -0.304. The number of benzene rings is 4. The van der Waals surface area contributed by atoms with E-state index in [1.165, 1.54) is 69.9 Å². The molecule has 0 saturated carbocycles. The monoisotopic (exact) mass is 705 g/mol. The van der Waals surface area contributed by atoms with Crippen molar-refractivity contribution in [2.24, 2.45) is 11.8 Å². The van der Waals surface area contributed by atoms with E-state index in [1.54, 1.807) is 5.57 Å². The summed E-state index contributed by atoms with van der Waals surface area (Å²) in [6, 6.07) is 35.3. The molecule has 3 heterocycles. The second-order valence-electron chi connectivity index (χ2n) is 14.9. The fraction of sp³-hybridized carbons (Fsp3) is 0.184. The van der Waals surface area contributed by atoms with Crippen molar-refractivity contribution >= 4 is 29.1 Å². The Morgan fingerprint density at radius 3 is 2.40 bits per heavy atom. The fourth-order valence-corrected chi connectivity index (χ4v) is 12.7. The summed E-state index contributed by atoms with van der Waals surface area (Å²) in [5.41, 5.74) is 13.8. The highest BCUT2D eigenvalue weighted by atomic mass is 32.2. The topological polar surface area (TPSA) is 3.24 Å². The van der Waals surface area contributed by atoms with E-state index >= 15 is 0 Å². The normalized spacial score (nSPS) is 26.1. The maximum Gasteiger partial charge on any atom is 0.0632 e. The van der Waals surface area contributed by atoms with Gasteiger partial charge in [-0.05, 0) is 118 Å². The maximum atomic E-state index is 2.64. The number of thioether (sulfide) groups is 1. The molecular weight excluding hydrogens is 667 g/mol. The molecular formula is C49H39NS2. The van der Waals surface area contributed by atoms with Crippen LogP contribution in [0.5, 0.6) is 0 Å². The molecule has 0 saturated heterocycles. The molecule has 11 rings (SSSR count). The van der Waals surface area contributed by atoms with Crippen LogP contribution in [0.2, 0.25) is 0 Å². The first-order valence-electron chi connectivity index (χ1n) is 18.9. The second kappa shape index (κ2) is 12.2. The van der Waals surface area contributed by atoms with Gasteiger partial charge in [0, 0.05) is 37.9 Å². The second-order valence-corrected chi connectivity index (χ2v) is 17.1. The van der Waals surface area contributed by atoms with E-state index in [1.807, 2.05) is 23.5 Å². The molecule has 0 N–H and O–H groups in total. The largest absolute Gasteiger partial charge is 0.334 e.